The molecule has 0 spiro atoms. The number of carboxylic acid groups (broad SMARTS) is 1. The Labute approximate surface area is 147 Å². The van der Waals surface area contributed by atoms with E-state index in [1.807, 2.05) is 17.8 Å². The number of carbonyl (C=O) groups is 2. The van der Waals surface area contributed by atoms with Gasteiger partial charge in [-0.2, -0.15) is 11.8 Å². The largest absolute Gasteiger partial charge is 0.481 e. The molecule has 0 fully saturated rings. The van der Waals surface area contributed by atoms with Crippen LogP contribution in [0.2, 0.25) is 0 Å². The number of fused-ring (bicyclic) bond motifs is 1. The van der Waals surface area contributed by atoms with Gasteiger partial charge in [0.15, 0.2) is 5.13 Å². The van der Waals surface area contributed by atoms with E-state index >= 15 is 0 Å². The number of amides is 2. The van der Waals surface area contributed by atoms with Gasteiger partial charge in [0.25, 0.3) is 0 Å². The van der Waals surface area contributed by atoms with E-state index in [-0.39, 0.29) is 12.5 Å². The molecule has 0 aliphatic carbocycles. The number of rotatable bonds is 5. The second-order valence-corrected chi connectivity index (χ2v) is 7.55. The third-order valence-corrected chi connectivity index (χ3v) is 5.71. The fraction of sp³-hybridized carbons (Fsp3) is 0.312. The molecule has 8 heteroatoms. The molecule has 0 saturated heterocycles. The molecule has 0 bridgehead atoms. The summed E-state index contributed by atoms with van der Waals surface area (Å²) in [5, 5.41) is 14.9. The molecule has 0 radical (unpaired) electrons. The summed E-state index contributed by atoms with van der Waals surface area (Å²) in [5.74, 6) is 1.20. The first-order valence-electron chi connectivity index (χ1n) is 7.55. The van der Waals surface area contributed by atoms with Crippen LogP contribution in [-0.4, -0.2) is 27.8 Å². The number of anilines is 2. The molecule has 0 atom stereocenters. The zero-order valence-corrected chi connectivity index (χ0v) is 14.5. The smallest absolute Gasteiger partial charge is 0.325 e. The fourth-order valence-corrected chi connectivity index (χ4v) is 4.51. The lowest BCUT2D eigenvalue weighted by Crippen LogP contribution is -2.19. The number of aromatic nitrogens is 1. The summed E-state index contributed by atoms with van der Waals surface area (Å²) in [7, 11) is 0. The van der Waals surface area contributed by atoms with E-state index in [0.29, 0.717) is 17.2 Å². The first-order chi connectivity index (χ1) is 11.6. The number of hydrogen-bond donors (Lipinski definition) is 3. The second-order valence-electron chi connectivity index (χ2n) is 5.36. The summed E-state index contributed by atoms with van der Waals surface area (Å²) in [6, 6.07) is 6.86. The van der Waals surface area contributed by atoms with Crippen molar-refractivity contribution in [1.29, 1.82) is 0 Å². The second kappa shape index (κ2) is 7.67. The number of aryl methyl sites for hydroxylation is 2. The Hall–Kier alpha value is -2.06. The highest BCUT2D eigenvalue weighted by molar-refractivity contribution is 7.98. The molecule has 1 aromatic carbocycles. The van der Waals surface area contributed by atoms with Crippen LogP contribution >= 0.6 is 23.1 Å². The molecule has 0 saturated carbocycles. The van der Waals surface area contributed by atoms with Crippen molar-refractivity contribution in [1.82, 2.24) is 4.98 Å². The lowest BCUT2D eigenvalue weighted by molar-refractivity contribution is -0.136. The van der Waals surface area contributed by atoms with Gasteiger partial charge in [0.1, 0.15) is 0 Å². The summed E-state index contributed by atoms with van der Waals surface area (Å²) in [6.45, 7) is 0. The number of carbonyl (C=O) groups excluding carboxylic acids is 1. The standard InChI is InChI=1S/C16H17N3O3S2/c20-14(21)5-4-10-2-1-3-11(8-10)17-15(22)19-16-18-12-6-7-23-9-13(12)24-16/h1-3,8H,4-7,9H2,(H,20,21)(H2,17,18,19,22). The number of urea groups is 1. The van der Waals surface area contributed by atoms with Gasteiger partial charge in [0.2, 0.25) is 0 Å². The van der Waals surface area contributed by atoms with Gasteiger partial charge in [0.05, 0.1) is 5.69 Å². The zero-order valence-electron chi connectivity index (χ0n) is 12.9. The summed E-state index contributed by atoms with van der Waals surface area (Å²) in [6.07, 6.45) is 1.45. The van der Waals surface area contributed by atoms with Crippen LogP contribution in [0.3, 0.4) is 0 Å². The molecule has 3 N–H and O–H groups in total. The predicted octanol–water partition coefficient (Wildman–Crippen LogP) is 3.59. The van der Waals surface area contributed by atoms with Gasteiger partial charge in [-0.15, -0.1) is 11.3 Å². The fourth-order valence-electron chi connectivity index (χ4n) is 2.39. The van der Waals surface area contributed by atoms with E-state index in [2.05, 4.69) is 15.6 Å². The summed E-state index contributed by atoms with van der Waals surface area (Å²) in [4.78, 5) is 28.5. The van der Waals surface area contributed by atoms with Gasteiger partial charge in [-0.05, 0) is 36.3 Å². The molecule has 2 aromatic rings. The van der Waals surface area contributed by atoms with Gasteiger partial charge in [0, 0.05) is 22.7 Å². The number of thiazole rings is 1. The molecule has 24 heavy (non-hydrogen) atoms. The van der Waals surface area contributed by atoms with Crippen LogP contribution in [0.15, 0.2) is 24.3 Å². The number of benzene rings is 1. The van der Waals surface area contributed by atoms with E-state index in [1.54, 1.807) is 18.2 Å². The van der Waals surface area contributed by atoms with Crippen molar-refractivity contribution >= 4 is 45.9 Å². The van der Waals surface area contributed by atoms with Crippen molar-refractivity contribution in [2.24, 2.45) is 0 Å². The van der Waals surface area contributed by atoms with Crippen molar-refractivity contribution in [3.05, 3.63) is 40.4 Å². The van der Waals surface area contributed by atoms with Gasteiger partial charge in [-0.25, -0.2) is 9.78 Å². The Bertz CT molecular complexity index is 737. The van der Waals surface area contributed by atoms with Crippen LogP contribution < -0.4 is 10.6 Å². The van der Waals surface area contributed by atoms with Crippen molar-refractivity contribution in [3.63, 3.8) is 0 Å². The lowest BCUT2D eigenvalue weighted by atomic mass is 10.1. The van der Waals surface area contributed by atoms with E-state index in [0.717, 1.165) is 29.2 Å². The molecule has 2 heterocycles. The first-order valence-corrected chi connectivity index (χ1v) is 9.52. The highest BCUT2D eigenvalue weighted by atomic mass is 32.2. The highest BCUT2D eigenvalue weighted by Gasteiger charge is 2.16. The van der Waals surface area contributed by atoms with Crippen molar-refractivity contribution in [2.75, 3.05) is 16.4 Å². The minimum absolute atomic E-state index is 0.0678. The molecule has 1 aliphatic rings. The quantitative estimate of drug-likeness (QED) is 0.755. The Morgan fingerprint density at radius 3 is 2.96 bits per heavy atom. The van der Waals surface area contributed by atoms with Crippen molar-refractivity contribution in [3.8, 4) is 0 Å². The Morgan fingerprint density at radius 2 is 2.17 bits per heavy atom. The third-order valence-electron chi connectivity index (χ3n) is 3.53. The average molecular weight is 363 g/mol. The molecule has 1 aliphatic heterocycles. The van der Waals surface area contributed by atoms with E-state index in [9.17, 15) is 9.59 Å². The van der Waals surface area contributed by atoms with E-state index in [4.69, 9.17) is 5.11 Å². The SMILES string of the molecule is O=C(O)CCc1cccc(NC(=O)Nc2nc3c(s2)CSCC3)c1. The lowest BCUT2D eigenvalue weighted by Gasteiger charge is -2.07. The van der Waals surface area contributed by atoms with Crippen LogP contribution in [0.25, 0.3) is 0 Å². The van der Waals surface area contributed by atoms with E-state index < -0.39 is 5.97 Å². The van der Waals surface area contributed by atoms with Crippen molar-refractivity contribution < 1.29 is 14.7 Å². The predicted molar refractivity (Wildman–Crippen MR) is 97.0 cm³/mol. The number of thioether (sulfide) groups is 1. The maximum Gasteiger partial charge on any atom is 0.325 e. The number of nitrogens with zero attached hydrogens (tertiary/aromatic N) is 1. The summed E-state index contributed by atoms with van der Waals surface area (Å²) >= 11 is 3.40. The zero-order chi connectivity index (χ0) is 16.9. The van der Waals surface area contributed by atoms with Crippen LogP contribution in [0.5, 0.6) is 0 Å². The van der Waals surface area contributed by atoms with Crippen LogP contribution in [-0.2, 0) is 23.4 Å². The third kappa shape index (κ3) is 4.48. The van der Waals surface area contributed by atoms with Gasteiger partial charge in [-0.3, -0.25) is 10.1 Å². The Kier molecular flexibility index (Phi) is 5.37. The highest BCUT2D eigenvalue weighted by Crippen LogP contribution is 2.31. The van der Waals surface area contributed by atoms with Gasteiger partial charge >= 0.3 is 12.0 Å². The molecule has 1 aromatic heterocycles. The molecule has 6 nitrogen and oxygen atoms in total. The molecule has 0 unspecified atom stereocenters. The van der Waals surface area contributed by atoms with Gasteiger partial charge < -0.3 is 10.4 Å². The molecule has 3 rings (SSSR count). The molecular weight excluding hydrogens is 346 g/mol. The number of aliphatic carboxylic acids is 1. The number of carboxylic acids is 1. The minimum atomic E-state index is -0.836. The summed E-state index contributed by atoms with van der Waals surface area (Å²) < 4.78 is 0. The Balaban J connectivity index is 1.59. The normalized spacial score (nSPS) is 13.2. The number of nitrogens with one attached hydrogen (secondary N) is 2. The minimum Gasteiger partial charge on any atom is -0.481 e. The topological polar surface area (TPSA) is 91.3 Å². The van der Waals surface area contributed by atoms with Crippen molar-refractivity contribution in [2.45, 2.75) is 25.0 Å². The van der Waals surface area contributed by atoms with Crippen LogP contribution in [0.1, 0.15) is 22.6 Å². The van der Waals surface area contributed by atoms with Crippen LogP contribution in [0.4, 0.5) is 15.6 Å². The first kappa shape index (κ1) is 16.8. The molecule has 126 valence electrons. The average Bonchev–Trinajstić information content (AvgIpc) is 2.95. The van der Waals surface area contributed by atoms with Gasteiger partial charge in [-0.1, -0.05) is 12.1 Å². The maximum atomic E-state index is 12.1. The Morgan fingerprint density at radius 1 is 1.29 bits per heavy atom. The maximum absolute atomic E-state index is 12.1. The summed E-state index contributed by atoms with van der Waals surface area (Å²) in [5.41, 5.74) is 2.59. The number of hydrogen-bond acceptors (Lipinski definition) is 5. The van der Waals surface area contributed by atoms with Crippen LogP contribution in [0, 0.1) is 0 Å². The molecule has 2 amide bonds. The van der Waals surface area contributed by atoms with E-state index in [1.165, 1.54) is 16.2 Å². The molecular formula is C16H17N3O3S2. The monoisotopic (exact) mass is 363 g/mol.